The standard InChI is InChI=1S/C16H24Cl2N2O/c1-3-21-16-7-15(18)14(17)6-13(16)10-20-5-4-12(8-19)11(2)9-20/h6-7,11-12H,3-5,8-10,19H2,1-2H3/t11?,12-/m0/s1. The molecule has 0 saturated carbocycles. The average molecular weight is 331 g/mol. The zero-order valence-corrected chi connectivity index (χ0v) is 14.3. The molecule has 118 valence electrons. The van der Waals surface area contributed by atoms with Crippen molar-refractivity contribution in [1.29, 1.82) is 0 Å². The van der Waals surface area contributed by atoms with Crippen molar-refractivity contribution in [3.8, 4) is 5.75 Å². The molecule has 2 N–H and O–H groups in total. The van der Waals surface area contributed by atoms with Gasteiger partial charge in [0.05, 0.1) is 16.7 Å². The van der Waals surface area contributed by atoms with Gasteiger partial charge in [-0.2, -0.15) is 0 Å². The predicted octanol–water partition coefficient (Wildman–Crippen LogP) is 3.81. The van der Waals surface area contributed by atoms with Crippen molar-refractivity contribution in [2.24, 2.45) is 17.6 Å². The first kappa shape index (κ1) is 16.9. The van der Waals surface area contributed by atoms with Crippen LogP contribution in [-0.2, 0) is 6.54 Å². The molecule has 1 heterocycles. The molecule has 21 heavy (non-hydrogen) atoms. The van der Waals surface area contributed by atoms with Gasteiger partial charge in [0, 0.05) is 24.7 Å². The Kier molecular flexibility index (Phi) is 6.18. The van der Waals surface area contributed by atoms with Gasteiger partial charge < -0.3 is 10.5 Å². The van der Waals surface area contributed by atoms with Crippen molar-refractivity contribution in [3.05, 3.63) is 27.7 Å². The molecule has 1 unspecified atom stereocenters. The largest absolute Gasteiger partial charge is 0.493 e. The quantitative estimate of drug-likeness (QED) is 0.892. The molecule has 0 spiro atoms. The van der Waals surface area contributed by atoms with Crippen LogP contribution in [0.2, 0.25) is 10.0 Å². The number of piperidine rings is 1. The molecule has 0 amide bonds. The molecule has 2 atom stereocenters. The Morgan fingerprint density at radius 2 is 2.05 bits per heavy atom. The van der Waals surface area contributed by atoms with Crippen LogP contribution >= 0.6 is 23.2 Å². The van der Waals surface area contributed by atoms with Crippen LogP contribution in [-0.4, -0.2) is 31.1 Å². The van der Waals surface area contributed by atoms with Crippen molar-refractivity contribution in [1.82, 2.24) is 4.90 Å². The lowest BCUT2D eigenvalue weighted by Gasteiger charge is -2.36. The molecule has 1 saturated heterocycles. The summed E-state index contributed by atoms with van der Waals surface area (Å²) in [6.45, 7) is 8.63. The fraction of sp³-hybridized carbons (Fsp3) is 0.625. The Hall–Kier alpha value is -0.480. The highest BCUT2D eigenvalue weighted by Crippen LogP contribution is 2.32. The van der Waals surface area contributed by atoms with E-state index in [1.165, 1.54) is 0 Å². The van der Waals surface area contributed by atoms with Crippen molar-refractivity contribution in [2.75, 3.05) is 26.2 Å². The Labute approximate surface area is 137 Å². The van der Waals surface area contributed by atoms with Crippen molar-refractivity contribution in [2.45, 2.75) is 26.8 Å². The number of halogens is 2. The smallest absolute Gasteiger partial charge is 0.125 e. The van der Waals surface area contributed by atoms with E-state index in [0.29, 0.717) is 28.5 Å². The van der Waals surface area contributed by atoms with Crippen LogP contribution in [0.25, 0.3) is 0 Å². The Bertz CT molecular complexity index is 482. The fourth-order valence-corrected chi connectivity index (χ4v) is 3.34. The third-order valence-corrected chi connectivity index (χ3v) is 4.99. The highest BCUT2D eigenvalue weighted by Gasteiger charge is 2.25. The SMILES string of the molecule is CCOc1cc(Cl)c(Cl)cc1CN1CC[C@@H](CN)C(C)C1. The Balaban J connectivity index is 2.10. The van der Waals surface area contributed by atoms with E-state index in [9.17, 15) is 0 Å². The molecule has 1 aromatic carbocycles. The summed E-state index contributed by atoms with van der Waals surface area (Å²) in [4.78, 5) is 2.44. The van der Waals surface area contributed by atoms with Crippen molar-refractivity contribution < 1.29 is 4.74 Å². The minimum atomic E-state index is 0.541. The molecule has 0 bridgehead atoms. The number of nitrogens with zero attached hydrogens (tertiary/aromatic N) is 1. The van der Waals surface area contributed by atoms with E-state index in [1.807, 2.05) is 19.1 Å². The van der Waals surface area contributed by atoms with Crippen molar-refractivity contribution in [3.63, 3.8) is 0 Å². The van der Waals surface area contributed by atoms with Gasteiger partial charge in [-0.3, -0.25) is 4.90 Å². The van der Waals surface area contributed by atoms with E-state index in [2.05, 4.69) is 11.8 Å². The first-order chi connectivity index (χ1) is 10.0. The zero-order chi connectivity index (χ0) is 15.4. The first-order valence-electron chi connectivity index (χ1n) is 7.58. The third-order valence-electron chi connectivity index (χ3n) is 4.27. The number of rotatable bonds is 5. The molecule has 1 aromatic rings. The minimum Gasteiger partial charge on any atom is -0.493 e. The number of likely N-dealkylation sites (tertiary alicyclic amines) is 1. The van der Waals surface area contributed by atoms with E-state index in [1.54, 1.807) is 0 Å². The normalized spacial score (nSPS) is 23.3. The van der Waals surface area contributed by atoms with Gasteiger partial charge in [0.15, 0.2) is 0 Å². The van der Waals surface area contributed by atoms with E-state index in [-0.39, 0.29) is 0 Å². The van der Waals surface area contributed by atoms with Crippen LogP contribution in [0.15, 0.2) is 12.1 Å². The summed E-state index contributed by atoms with van der Waals surface area (Å²) in [5, 5.41) is 1.12. The summed E-state index contributed by atoms with van der Waals surface area (Å²) in [5.74, 6) is 2.10. The van der Waals surface area contributed by atoms with Gasteiger partial charge in [0.1, 0.15) is 5.75 Å². The maximum Gasteiger partial charge on any atom is 0.125 e. The van der Waals surface area contributed by atoms with Crippen LogP contribution in [0.5, 0.6) is 5.75 Å². The number of hydrogen-bond donors (Lipinski definition) is 1. The number of nitrogens with two attached hydrogens (primary N) is 1. The summed E-state index contributed by atoms with van der Waals surface area (Å²) in [6, 6.07) is 3.74. The monoisotopic (exact) mass is 330 g/mol. The Morgan fingerprint density at radius 1 is 1.33 bits per heavy atom. The molecule has 1 fully saturated rings. The van der Waals surface area contributed by atoms with Gasteiger partial charge in [-0.1, -0.05) is 30.1 Å². The highest BCUT2D eigenvalue weighted by molar-refractivity contribution is 6.42. The molecule has 0 aliphatic carbocycles. The second kappa shape index (κ2) is 7.68. The van der Waals surface area contributed by atoms with Crippen LogP contribution < -0.4 is 10.5 Å². The van der Waals surface area contributed by atoms with Crippen LogP contribution in [0, 0.1) is 11.8 Å². The van der Waals surface area contributed by atoms with Gasteiger partial charge in [-0.05, 0) is 44.3 Å². The second-order valence-corrected chi connectivity index (χ2v) is 6.62. The summed E-state index contributed by atoms with van der Waals surface area (Å²) in [6.07, 6.45) is 1.16. The molecule has 5 heteroatoms. The van der Waals surface area contributed by atoms with Crippen LogP contribution in [0.3, 0.4) is 0 Å². The number of hydrogen-bond acceptors (Lipinski definition) is 3. The lowest BCUT2D eigenvalue weighted by atomic mass is 9.87. The van der Waals surface area contributed by atoms with E-state index in [0.717, 1.165) is 43.9 Å². The van der Waals surface area contributed by atoms with Crippen LogP contribution in [0.4, 0.5) is 0 Å². The van der Waals surface area contributed by atoms with Gasteiger partial charge in [-0.15, -0.1) is 0 Å². The van der Waals surface area contributed by atoms with E-state index in [4.69, 9.17) is 33.7 Å². The highest BCUT2D eigenvalue weighted by atomic mass is 35.5. The molecule has 2 rings (SSSR count). The summed E-state index contributed by atoms with van der Waals surface area (Å²) in [7, 11) is 0. The van der Waals surface area contributed by atoms with E-state index < -0.39 is 0 Å². The number of benzene rings is 1. The molecular formula is C16H24Cl2N2O. The molecule has 1 aliphatic rings. The molecule has 1 aliphatic heterocycles. The van der Waals surface area contributed by atoms with Crippen molar-refractivity contribution >= 4 is 23.2 Å². The molecule has 0 radical (unpaired) electrons. The minimum absolute atomic E-state index is 0.541. The summed E-state index contributed by atoms with van der Waals surface area (Å²) < 4.78 is 5.69. The lowest BCUT2D eigenvalue weighted by Crippen LogP contribution is -2.41. The second-order valence-electron chi connectivity index (χ2n) is 5.80. The molecule has 3 nitrogen and oxygen atoms in total. The predicted molar refractivity (Wildman–Crippen MR) is 89.2 cm³/mol. The van der Waals surface area contributed by atoms with Crippen LogP contribution in [0.1, 0.15) is 25.8 Å². The van der Waals surface area contributed by atoms with Gasteiger partial charge in [0.2, 0.25) is 0 Å². The lowest BCUT2D eigenvalue weighted by molar-refractivity contribution is 0.126. The summed E-state index contributed by atoms with van der Waals surface area (Å²) >= 11 is 12.2. The van der Waals surface area contributed by atoms with Gasteiger partial charge in [0.25, 0.3) is 0 Å². The van der Waals surface area contributed by atoms with Gasteiger partial charge in [-0.25, -0.2) is 0 Å². The summed E-state index contributed by atoms with van der Waals surface area (Å²) in [5.41, 5.74) is 6.92. The Morgan fingerprint density at radius 3 is 2.67 bits per heavy atom. The first-order valence-corrected chi connectivity index (χ1v) is 8.33. The fourth-order valence-electron chi connectivity index (χ4n) is 3.00. The maximum absolute atomic E-state index is 6.16. The molecular weight excluding hydrogens is 307 g/mol. The van der Waals surface area contributed by atoms with E-state index >= 15 is 0 Å². The average Bonchev–Trinajstić information content (AvgIpc) is 2.45. The third kappa shape index (κ3) is 4.26. The zero-order valence-electron chi connectivity index (χ0n) is 12.7. The molecule has 0 aromatic heterocycles. The number of ether oxygens (including phenoxy) is 1. The van der Waals surface area contributed by atoms with Gasteiger partial charge >= 0.3 is 0 Å². The topological polar surface area (TPSA) is 38.5 Å². The maximum atomic E-state index is 6.16.